The van der Waals surface area contributed by atoms with Gasteiger partial charge in [0.05, 0.1) is 0 Å². The molecule has 0 aliphatic heterocycles. The first-order valence-electron chi connectivity index (χ1n) is 4.48. The third kappa shape index (κ3) is 4.13. The lowest BCUT2D eigenvalue weighted by Gasteiger charge is -2.04. The molecule has 0 saturated heterocycles. The molecule has 1 aromatic rings. The first-order valence-corrected chi connectivity index (χ1v) is 4.86. The fourth-order valence-electron chi connectivity index (χ4n) is 1.03. The molecule has 4 heteroatoms. The molecule has 0 fully saturated rings. The summed E-state index contributed by atoms with van der Waals surface area (Å²) in [6.45, 7) is 1.45. The first-order chi connectivity index (χ1) is 7.09. The average Bonchev–Trinajstić information content (AvgIpc) is 2.15. The molecule has 0 bridgehead atoms. The van der Waals surface area contributed by atoms with Crippen molar-refractivity contribution in [1.29, 1.82) is 0 Å². The van der Waals surface area contributed by atoms with Crippen LogP contribution in [-0.4, -0.2) is 11.8 Å². The predicted octanol–water partition coefficient (Wildman–Crippen LogP) is 2.36. The van der Waals surface area contributed by atoms with E-state index in [0.717, 1.165) is 5.56 Å². The van der Waals surface area contributed by atoms with E-state index in [1.165, 1.54) is 6.92 Å². The molecule has 1 aromatic carbocycles. The highest BCUT2D eigenvalue weighted by Gasteiger charge is 2.07. The summed E-state index contributed by atoms with van der Waals surface area (Å²) in [6, 6.07) is 7.09. The number of carbonyl (C=O) groups excluding carboxylic acids is 2. The van der Waals surface area contributed by atoms with Crippen LogP contribution in [0.1, 0.15) is 18.9 Å². The topological polar surface area (TPSA) is 43.4 Å². The first kappa shape index (κ1) is 11.7. The largest absolute Gasteiger partial charge is 0.460 e. The lowest BCUT2D eigenvalue weighted by atomic mass is 10.2. The Morgan fingerprint density at radius 3 is 2.60 bits per heavy atom. The molecule has 1 rings (SSSR count). The van der Waals surface area contributed by atoms with E-state index in [4.69, 9.17) is 16.3 Å². The Kier molecular flexibility index (Phi) is 4.31. The summed E-state index contributed by atoms with van der Waals surface area (Å²) < 4.78 is 4.88. The summed E-state index contributed by atoms with van der Waals surface area (Å²) in [4.78, 5) is 21.7. The molecule has 0 N–H and O–H groups in total. The Labute approximate surface area is 93.0 Å². The maximum Gasteiger partial charge on any atom is 0.313 e. The molecular weight excluding hydrogens is 216 g/mol. The zero-order chi connectivity index (χ0) is 11.3. The van der Waals surface area contributed by atoms with Crippen LogP contribution in [0.5, 0.6) is 0 Å². The molecule has 0 atom stereocenters. The second-order valence-electron chi connectivity index (χ2n) is 3.13. The smallest absolute Gasteiger partial charge is 0.313 e. The van der Waals surface area contributed by atoms with Gasteiger partial charge in [-0.1, -0.05) is 29.8 Å². The van der Waals surface area contributed by atoms with Crippen molar-refractivity contribution >= 4 is 23.4 Å². The van der Waals surface area contributed by atoms with E-state index in [-0.39, 0.29) is 18.8 Å². The van der Waals surface area contributed by atoms with Crippen molar-refractivity contribution in [1.82, 2.24) is 0 Å². The van der Waals surface area contributed by atoms with Crippen LogP contribution in [0.15, 0.2) is 24.3 Å². The Hall–Kier alpha value is -1.35. The minimum absolute atomic E-state index is 0.103. The lowest BCUT2D eigenvalue weighted by molar-refractivity contribution is -0.146. The molecule has 0 heterocycles. The minimum Gasteiger partial charge on any atom is -0.460 e. The van der Waals surface area contributed by atoms with Crippen LogP contribution in [0.25, 0.3) is 0 Å². The highest BCUT2D eigenvalue weighted by Crippen LogP contribution is 2.15. The number of rotatable bonds is 4. The molecule has 0 aliphatic carbocycles. The molecule has 0 unspecified atom stereocenters. The minimum atomic E-state index is -0.526. The van der Waals surface area contributed by atoms with Crippen molar-refractivity contribution in [2.24, 2.45) is 0 Å². The molecule has 0 amide bonds. The van der Waals surface area contributed by atoms with Gasteiger partial charge in [-0.25, -0.2) is 0 Å². The number of ether oxygens (including phenoxy) is 1. The normalized spacial score (nSPS) is 9.73. The SMILES string of the molecule is CC(=O)CC(=O)OCc1ccccc1Cl. The Morgan fingerprint density at radius 2 is 2.00 bits per heavy atom. The van der Waals surface area contributed by atoms with Crippen LogP contribution in [0.2, 0.25) is 5.02 Å². The van der Waals surface area contributed by atoms with E-state index in [0.29, 0.717) is 5.02 Å². The Bertz CT molecular complexity index is 374. The van der Waals surface area contributed by atoms with Crippen LogP contribution < -0.4 is 0 Å². The highest BCUT2D eigenvalue weighted by molar-refractivity contribution is 6.31. The van der Waals surface area contributed by atoms with Gasteiger partial charge in [-0.05, 0) is 13.0 Å². The van der Waals surface area contributed by atoms with Crippen molar-refractivity contribution in [2.45, 2.75) is 20.0 Å². The third-order valence-electron chi connectivity index (χ3n) is 1.74. The maximum absolute atomic E-state index is 11.1. The summed E-state index contributed by atoms with van der Waals surface area (Å²) in [6.07, 6.45) is -0.190. The Morgan fingerprint density at radius 1 is 1.33 bits per heavy atom. The third-order valence-corrected chi connectivity index (χ3v) is 2.11. The number of hydrogen-bond donors (Lipinski definition) is 0. The number of esters is 1. The standard InChI is InChI=1S/C11H11ClO3/c1-8(13)6-11(14)15-7-9-4-2-3-5-10(9)12/h2-5H,6-7H2,1H3. The number of ketones is 1. The van der Waals surface area contributed by atoms with Gasteiger partial charge in [0.1, 0.15) is 18.8 Å². The second-order valence-corrected chi connectivity index (χ2v) is 3.54. The molecule has 0 spiro atoms. The number of halogens is 1. The molecule has 0 aliphatic rings. The van der Waals surface area contributed by atoms with E-state index in [1.54, 1.807) is 24.3 Å². The monoisotopic (exact) mass is 226 g/mol. The summed E-state index contributed by atoms with van der Waals surface area (Å²) in [5.74, 6) is -0.735. The number of benzene rings is 1. The van der Waals surface area contributed by atoms with E-state index in [2.05, 4.69) is 0 Å². The fraction of sp³-hybridized carbons (Fsp3) is 0.273. The van der Waals surface area contributed by atoms with Gasteiger partial charge in [-0.15, -0.1) is 0 Å². The van der Waals surface area contributed by atoms with Crippen LogP contribution >= 0.6 is 11.6 Å². The summed E-state index contributed by atoms with van der Waals surface area (Å²) in [5.41, 5.74) is 0.732. The van der Waals surface area contributed by atoms with Crippen LogP contribution in [0.3, 0.4) is 0 Å². The van der Waals surface area contributed by atoms with E-state index < -0.39 is 5.97 Å². The van der Waals surface area contributed by atoms with Crippen LogP contribution in [-0.2, 0) is 20.9 Å². The maximum atomic E-state index is 11.1. The highest BCUT2D eigenvalue weighted by atomic mass is 35.5. The molecule has 3 nitrogen and oxygen atoms in total. The van der Waals surface area contributed by atoms with Gasteiger partial charge in [0.2, 0.25) is 0 Å². The van der Waals surface area contributed by atoms with Crippen molar-refractivity contribution in [3.63, 3.8) is 0 Å². The van der Waals surface area contributed by atoms with E-state index >= 15 is 0 Å². The van der Waals surface area contributed by atoms with Crippen molar-refractivity contribution in [3.8, 4) is 0 Å². The fourth-order valence-corrected chi connectivity index (χ4v) is 1.22. The van der Waals surface area contributed by atoms with Gasteiger partial charge >= 0.3 is 5.97 Å². The van der Waals surface area contributed by atoms with Crippen molar-refractivity contribution < 1.29 is 14.3 Å². The van der Waals surface area contributed by atoms with Gasteiger partial charge in [0, 0.05) is 10.6 Å². The summed E-state index contributed by atoms with van der Waals surface area (Å²) in [7, 11) is 0. The van der Waals surface area contributed by atoms with Gasteiger partial charge in [-0.3, -0.25) is 9.59 Å². The van der Waals surface area contributed by atoms with E-state index in [1.807, 2.05) is 0 Å². The molecule has 0 radical (unpaired) electrons. The van der Waals surface area contributed by atoms with Crippen molar-refractivity contribution in [2.75, 3.05) is 0 Å². The van der Waals surface area contributed by atoms with E-state index in [9.17, 15) is 9.59 Å². The Balaban J connectivity index is 2.47. The van der Waals surface area contributed by atoms with Gasteiger partial charge in [0.25, 0.3) is 0 Å². The number of hydrogen-bond acceptors (Lipinski definition) is 3. The summed E-state index contributed by atoms with van der Waals surface area (Å²) >= 11 is 5.86. The van der Waals surface area contributed by atoms with Gasteiger partial charge < -0.3 is 4.74 Å². The van der Waals surface area contributed by atoms with Crippen LogP contribution in [0, 0.1) is 0 Å². The molecule has 80 valence electrons. The quantitative estimate of drug-likeness (QED) is 0.585. The molecule has 15 heavy (non-hydrogen) atoms. The summed E-state index contributed by atoms with van der Waals surface area (Å²) in [5, 5.41) is 0.549. The van der Waals surface area contributed by atoms with Crippen molar-refractivity contribution in [3.05, 3.63) is 34.9 Å². The average molecular weight is 227 g/mol. The number of carbonyl (C=O) groups is 2. The number of Topliss-reactive ketones (excluding diaryl/α,β-unsaturated/α-hetero) is 1. The molecule has 0 aromatic heterocycles. The molecular formula is C11H11ClO3. The zero-order valence-corrected chi connectivity index (χ0v) is 9.08. The van der Waals surface area contributed by atoms with Gasteiger partial charge in [-0.2, -0.15) is 0 Å². The van der Waals surface area contributed by atoms with Crippen LogP contribution in [0.4, 0.5) is 0 Å². The lowest BCUT2D eigenvalue weighted by Crippen LogP contribution is -2.08. The second kappa shape index (κ2) is 5.51. The zero-order valence-electron chi connectivity index (χ0n) is 8.33. The molecule has 0 saturated carbocycles. The predicted molar refractivity (Wildman–Crippen MR) is 56.5 cm³/mol. The van der Waals surface area contributed by atoms with Gasteiger partial charge in [0.15, 0.2) is 0 Å².